The van der Waals surface area contributed by atoms with Gasteiger partial charge < -0.3 is 15.5 Å². The van der Waals surface area contributed by atoms with Gasteiger partial charge in [0.1, 0.15) is 0 Å². The van der Waals surface area contributed by atoms with Crippen LogP contribution in [0.5, 0.6) is 0 Å². The summed E-state index contributed by atoms with van der Waals surface area (Å²) in [5, 5.41) is 0. The van der Waals surface area contributed by atoms with Crippen molar-refractivity contribution in [3.05, 3.63) is 29.8 Å². The summed E-state index contributed by atoms with van der Waals surface area (Å²) in [4.78, 5) is 15.3. The van der Waals surface area contributed by atoms with E-state index in [1.807, 2.05) is 4.90 Å². The van der Waals surface area contributed by atoms with Crippen molar-refractivity contribution < 1.29 is 18.0 Å². The van der Waals surface area contributed by atoms with Crippen molar-refractivity contribution >= 4 is 24.0 Å². The molecule has 1 aliphatic heterocycles. The van der Waals surface area contributed by atoms with Gasteiger partial charge in [-0.3, -0.25) is 4.79 Å². The van der Waals surface area contributed by atoms with Crippen LogP contribution in [-0.4, -0.2) is 43.0 Å². The van der Waals surface area contributed by atoms with Crippen molar-refractivity contribution in [3.8, 4) is 0 Å². The molecule has 1 heterocycles. The maximum absolute atomic E-state index is 12.7. The molecule has 8 heteroatoms. The Bertz CT molecular complexity index is 514. The van der Waals surface area contributed by atoms with Gasteiger partial charge in [-0.25, -0.2) is 0 Å². The van der Waals surface area contributed by atoms with E-state index in [2.05, 4.69) is 0 Å². The molecule has 0 spiro atoms. The van der Waals surface area contributed by atoms with Crippen molar-refractivity contribution in [2.24, 2.45) is 5.73 Å². The number of piperazine rings is 1. The van der Waals surface area contributed by atoms with E-state index >= 15 is 0 Å². The van der Waals surface area contributed by atoms with E-state index in [9.17, 15) is 18.0 Å². The molecule has 0 aliphatic carbocycles. The van der Waals surface area contributed by atoms with E-state index in [1.165, 1.54) is 6.07 Å². The monoisotopic (exact) mass is 337 g/mol. The van der Waals surface area contributed by atoms with E-state index in [4.69, 9.17) is 5.73 Å². The Labute approximate surface area is 133 Å². The van der Waals surface area contributed by atoms with Gasteiger partial charge in [-0.1, -0.05) is 6.07 Å². The Morgan fingerprint density at radius 3 is 2.32 bits per heavy atom. The number of hydrogen-bond donors (Lipinski definition) is 1. The van der Waals surface area contributed by atoms with E-state index in [1.54, 1.807) is 17.9 Å². The van der Waals surface area contributed by atoms with Crippen molar-refractivity contribution in [2.75, 3.05) is 31.1 Å². The van der Waals surface area contributed by atoms with Crippen LogP contribution in [0.4, 0.5) is 18.9 Å². The zero-order valence-electron chi connectivity index (χ0n) is 12.1. The predicted octanol–water partition coefficient (Wildman–Crippen LogP) is 2.12. The lowest BCUT2D eigenvalue weighted by Gasteiger charge is -2.37. The van der Waals surface area contributed by atoms with Crippen LogP contribution in [0.15, 0.2) is 24.3 Å². The lowest BCUT2D eigenvalue weighted by molar-refractivity contribution is -0.137. The van der Waals surface area contributed by atoms with Crippen molar-refractivity contribution in [2.45, 2.75) is 19.1 Å². The Hall–Kier alpha value is -1.47. The highest BCUT2D eigenvalue weighted by atomic mass is 35.5. The zero-order chi connectivity index (χ0) is 15.6. The molecule has 1 unspecified atom stereocenters. The minimum absolute atomic E-state index is 0. The number of hydrogen-bond acceptors (Lipinski definition) is 3. The number of amides is 1. The Morgan fingerprint density at radius 2 is 1.82 bits per heavy atom. The first-order valence-electron chi connectivity index (χ1n) is 6.75. The summed E-state index contributed by atoms with van der Waals surface area (Å²) in [5.74, 6) is -0.126. The molecule has 1 aliphatic rings. The van der Waals surface area contributed by atoms with Gasteiger partial charge >= 0.3 is 6.18 Å². The maximum Gasteiger partial charge on any atom is 0.416 e. The van der Waals surface area contributed by atoms with Crippen LogP contribution in [0.3, 0.4) is 0 Å². The van der Waals surface area contributed by atoms with Gasteiger partial charge in [0.15, 0.2) is 0 Å². The molecule has 2 N–H and O–H groups in total. The van der Waals surface area contributed by atoms with Gasteiger partial charge in [0.2, 0.25) is 5.91 Å². The Kier molecular flexibility index (Phi) is 6.08. The van der Waals surface area contributed by atoms with Gasteiger partial charge in [-0.15, -0.1) is 12.4 Å². The highest BCUT2D eigenvalue weighted by Gasteiger charge is 2.31. The number of nitrogens with zero attached hydrogens (tertiary/aromatic N) is 2. The highest BCUT2D eigenvalue weighted by molar-refractivity contribution is 5.85. The summed E-state index contributed by atoms with van der Waals surface area (Å²) in [6.45, 7) is 3.56. The average molecular weight is 338 g/mol. The van der Waals surface area contributed by atoms with Crippen LogP contribution in [-0.2, 0) is 11.0 Å². The maximum atomic E-state index is 12.7. The number of nitrogens with two attached hydrogens (primary N) is 1. The lowest BCUT2D eigenvalue weighted by atomic mass is 10.1. The highest BCUT2D eigenvalue weighted by Crippen LogP contribution is 2.31. The molecule has 0 aromatic heterocycles. The normalized spacial score (nSPS) is 17.0. The number of anilines is 1. The molecule has 22 heavy (non-hydrogen) atoms. The third kappa shape index (κ3) is 4.27. The molecule has 1 aromatic carbocycles. The van der Waals surface area contributed by atoms with Crippen LogP contribution < -0.4 is 10.6 Å². The SMILES string of the molecule is CC(N)C(=O)N1CCN(c2cccc(C(F)(F)F)c2)CC1.Cl. The molecule has 0 radical (unpaired) electrons. The van der Waals surface area contributed by atoms with Crippen LogP contribution in [0.25, 0.3) is 0 Å². The second kappa shape index (κ2) is 7.19. The molecule has 1 saturated heterocycles. The third-order valence-corrected chi connectivity index (χ3v) is 3.52. The number of rotatable bonds is 2. The van der Waals surface area contributed by atoms with Gasteiger partial charge in [0.25, 0.3) is 0 Å². The zero-order valence-corrected chi connectivity index (χ0v) is 13.0. The first kappa shape index (κ1) is 18.6. The molecule has 2 rings (SSSR count). The summed E-state index contributed by atoms with van der Waals surface area (Å²) in [6, 6.07) is 4.70. The fourth-order valence-corrected chi connectivity index (χ4v) is 2.35. The van der Waals surface area contributed by atoms with E-state index in [-0.39, 0.29) is 18.3 Å². The van der Waals surface area contributed by atoms with Crippen LogP contribution in [0.1, 0.15) is 12.5 Å². The molecule has 1 fully saturated rings. The molecule has 1 atom stereocenters. The van der Waals surface area contributed by atoms with E-state index in [0.29, 0.717) is 31.9 Å². The molecular formula is C14H19ClF3N3O. The Morgan fingerprint density at radius 1 is 1.23 bits per heavy atom. The van der Waals surface area contributed by atoms with Gasteiger partial charge in [0.05, 0.1) is 11.6 Å². The second-order valence-corrected chi connectivity index (χ2v) is 5.15. The molecule has 4 nitrogen and oxygen atoms in total. The number of halogens is 4. The summed E-state index contributed by atoms with van der Waals surface area (Å²) in [7, 11) is 0. The largest absolute Gasteiger partial charge is 0.416 e. The van der Waals surface area contributed by atoms with Gasteiger partial charge in [-0.05, 0) is 25.1 Å². The van der Waals surface area contributed by atoms with Crippen LogP contribution in [0.2, 0.25) is 0 Å². The lowest BCUT2D eigenvalue weighted by Crippen LogP contribution is -2.52. The topological polar surface area (TPSA) is 49.6 Å². The van der Waals surface area contributed by atoms with Crippen molar-refractivity contribution in [1.29, 1.82) is 0 Å². The quantitative estimate of drug-likeness (QED) is 0.899. The average Bonchev–Trinajstić information content (AvgIpc) is 2.46. The predicted molar refractivity (Wildman–Crippen MR) is 81.1 cm³/mol. The Balaban J connectivity index is 0.00000242. The van der Waals surface area contributed by atoms with Crippen LogP contribution >= 0.6 is 12.4 Å². The summed E-state index contributed by atoms with van der Waals surface area (Å²) in [6.07, 6.45) is -4.34. The molecule has 0 bridgehead atoms. The smallest absolute Gasteiger partial charge is 0.368 e. The second-order valence-electron chi connectivity index (χ2n) is 5.15. The fourth-order valence-electron chi connectivity index (χ4n) is 2.35. The van der Waals surface area contributed by atoms with E-state index in [0.717, 1.165) is 12.1 Å². The number of carbonyl (C=O) groups excluding carboxylic acids is 1. The number of carbonyl (C=O) groups is 1. The van der Waals surface area contributed by atoms with Gasteiger partial charge in [-0.2, -0.15) is 13.2 Å². The minimum Gasteiger partial charge on any atom is -0.368 e. The van der Waals surface area contributed by atoms with Crippen LogP contribution in [0, 0.1) is 0 Å². The first-order chi connectivity index (χ1) is 9.79. The third-order valence-electron chi connectivity index (χ3n) is 3.52. The molecule has 1 amide bonds. The molecule has 1 aromatic rings. The number of benzene rings is 1. The van der Waals surface area contributed by atoms with E-state index < -0.39 is 17.8 Å². The molecular weight excluding hydrogens is 319 g/mol. The fraction of sp³-hybridized carbons (Fsp3) is 0.500. The number of alkyl halides is 3. The van der Waals surface area contributed by atoms with Crippen molar-refractivity contribution in [3.63, 3.8) is 0 Å². The first-order valence-corrected chi connectivity index (χ1v) is 6.75. The standard InChI is InChI=1S/C14H18F3N3O.ClH/c1-10(18)13(21)20-7-5-19(6-8-20)12-4-2-3-11(9-12)14(15,16)17;/h2-4,9-10H,5-8,18H2,1H3;1H. The molecule has 124 valence electrons. The molecule has 0 saturated carbocycles. The summed E-state index contributed by atoms with van der Waals surface area (Å²) >= 11 is 0. The minimum atomic E-state index is -4.34. The van der Waals surface area contributed by atoms with Crippen molar-refractivity contribution in [1.82, 2.24) is 4.90 Å². The summed E-state index contributed by atoms with van der Waals surface area (Å²) < 4.78 is 38.1. The summed E-state index contributed by atoms with van der Waals surface area (Å²) in [5.41, 5.74) is 5.42. The van der Waals surface area contributed by atoms with Gasteiger partial charge in [0, 0.05) is 31.9 Å².